The van der Waals surface area contributed by atoms with Gasteiger partial charge in [-0.3, -0.25) is 0 Å². The molecular formula is C66H47N. The molecule has 11 aromatic carbocycles. The van der Waals surface area contributed by atoms with Crippen molar-refractivity contribution in [2.24, 2.45) is 0 Å². The van der Waals surface area contributed by atoms with Gasteiger partial charge in [0, 0.05) is 22.5 Å². The minimum absolute atomic E-state index is 0.129. The predicted octanol–water partition coefficient (Wildman–Crippen LogP) is 17.5. The van der Waals surface area contributed by atoms with Crippen molar-refractivity contribution in [3.05, 3.63) is 282 Å². The Morgan fingerprint density at radius 2 is 0.672 bits per heavy atom. The summed E-state index contributed by atoms with van der Waals surface area (Å²) in [4.78, 5) is 2.37. The van der Waals surface area contributed by atoms with Crippen LogP contribution in [0.25, 0.3) is 66.1 Å². The molecule has 11 aromatic rings. The van der Waals surface area contributed by atoms with Crippen molar-refractivity contribution in [2.75, 3.05) is 4.90 Å². The van der Waals surface area contributed by atoms with E-state index < -0.39 is 5.41 Å². The molecule has 0 aromatic heterocycles. The largest absolute Gasteiger partial charge is 0.310 e. The van der Waals surface area contributed by atoms with Gasteiger partial charge in [-0.2, -0.15) is 0 Å². The summed E-state index contributed by atoms with van der Waals surface area (Å²) in [5.41, 5.74) is 21.0. The van der Waals surface area contributed by atoms with Crippen LogP contribution in [-0.4, -0.2) is 0 Å². The number of hydrogen-bond donors (Lipinski definition) is 0. The topological polar surface area (TPSA) is 3.24 Å². The lowest BCUT2D eigenvalue weighted by molar-refractivity contribution is 0.563. The van der Waals surface area contributed by atoms with Gasteiger partial charge in [0.05, 0.1) is 5.41 Å². The van der Waals surface area contributed by atoms with Crippen LogP contribution in [0.4, 0.5) is 17.1 Å². The smallest absolute Gasteiger partial charge is 0.0719 e. The zero-order valence-corrected chi connectivity index (χ0v) is 37.6. The Kier molecular flexibility index (Phi) is 8.85. The quantitative estimate of drug-likeness (QED) is 0.151. The van der Waals surface area contributed by atoms with Crippen LogP contribution in [0.3, 0.4) is 0 Å². The van der Waals surface area contributed by atoms with Crippen LogP contribution in [0.15, 0.2) is 249 Å². The van der Waals surface area contributed by atoms with E-state index in [0.717, 1.165) is 17.1 Å². The summed E-state index contributed by atoms with van der Waals surface area (Å²) < 4.78 is 0. The molecule has 0 N–H and O–H groups in total. The minimum Gasteiger partial charge on any atom is -0.310 e. The van der Waals surface area contributed by atoms with Gasteiger partial charge < -0.3 is 4.90 Å². The maximum Gasteiger partial charge on any atom is 0.0719 e. The molecule has 67 heavy (non-hydrogen) atoms. The minimum atomic E-state index is -0.419. The number of fused-ring (bicyclic) bond motifs is 12. The summed E-state index contributed by atoms with van der Waals surface area (Å²) in [5.74, 6) is 0. The first-order chi connectivity index (χ1) is 33.0. The Morgan fingerprint density at radius 1 is 0.269 bits per heavy atom. The molecule has 0 aliphatic heterocycles. The lowest BCUT2D eigenvalue weighted by atomic mass is 9.55. The summed E-state index contributed by atoms with van der Waals surface area (Å²) in [7, 11) is 0. The number of rotatable bonds is 6. The first kappa shape index (κ1) is 39.1. The number of anilines is 3. The van der Waals surface area contributed by atoms with E-state index in [2.05, 4.69) is 267 Å². The highest BCUT2D eigenvalue weighted by atomic mass is 15.1. The molecule has 1 nitrogen and oxygen atoms in total. The van der Waals surface area contributed by atoms with Gasteiger partial charge in [-0.05, 0) is 148 Å². The number of benzene rings is 11. The molecule has 0 unspecified atom stereocenters. The number of nitrogens with zero attached hydrogens (tertiary/aromatic N) is 1. The SMILES string of the molecule is CC1(C)c2ccccc2C2(c3ccccc3-c3ccc(-c4ccc5c(ccc6cc(N(c7ccc(-c8ccccc8)cc7)c7ccc(-c8ccccc8)cc7)ccc65)c4)cc32)c2ccccc21. The molecule has 316 valence electrons. The Hall–Kier alpha value is -8.26. The van der Waals surface area contributed by atoms with Crippen molar-refractivity contribution in [2.45, 2.75) is 24.7 Å². The third-order valence-electron chi connectivity index (χ3n) is 14.9. The molecule has 2 aliphatic carbocycles. The highest BCUT2D eigenvalue weighted by Crippen LogP contribution is 2.62. The van der Waals surface area contributed by atoms with Crippen LogP contribution in [0, 0.1) is 0 Å². The zero-order valence-electron chi connectivity index (χ0n) is 37.6. The molecule has 1 spiro atoms. The van der Waals surface area contributed by atoms with E-state index in [1.54, 1.807) is 0 Å². The average Bonchev–Trinajstić information content (AvgIpc) is 3.69. The highest BCUT2D eigenvalue weighted by Gasteiger charge is 2.53. The monoisotopic (exact) mass is 853 g/mol. The van der Waals surface area contributed by atoms with Gasteiger partial charge in [0.25, 0.3) is 0 Å². The second-order valence-electron chi connectivity index (χ2n) is 18.8. The maximum atomic E-state index is 2.50. The Morgan fingerprint density at radius 3 is 1.25 bits per heavy atom. The fourth-order valence-corrected chi connectivity index (χ4v) is 11.7. The fraction of sp³-hybridized carbons (Fsp3) is 0.0606. The van der Waals surface area contributed by atoms with Gasteiger partial charge in [-0.25, -0.2) is 0 Å². The zero-order chi connectivity index (χ0) is 44.7. The molecule has 13 rings (SSSR count). The van der Waals surface area contributed by atoms with Crippen molar-refractivity contribution >= 4 is 38.6 Å². The summed E-state index contributed by atoms with van der Waals surface area (Å²) in [5, 5.41) is 4.93. The summed E-state index contributed by atoms with van der Waals surface area (Å²) in [6.45, 7) is 4.78. The van der Waals surface area contributed by atoms with Gasteiger partial charge in [0.1, 0.15) is 0 Å². The molecule has 0 fully saturated rings. The predicted molar refractivity (Wildman–Crippen MR) is 282 cm³/mol. The molecule has 0 amide bonds. The molecule has 1 heteroatoms. The second-order valence-corrected chi connectivity index (χ2v) is 18.8. The standard InChI is InChI=1S/C66H47N/c1-65(2)60-21-11-13-23-62(60)66(63-24-14-12-22-61(63)65)59-20-10-9-19-57(59)58-39-32-49(43-64(58)66)48-31-38-55-50(41-48)25-26-51-42-54(37-40-56(51)55)67(52-33-27-46(28-34-52)44-15-5-3-6-16-44)53-35-29-47(30-36-53)45-17-7-4-8-18-45/h3-43H,1-2H3. The van der Waals surface area contributed by atoms with Crippen molar-refractivity contribution in [1.29, 1.82) is 0 Å². The van der Waals surface area contributed by atoms with E-state index in [1.807, 2.05) is 0 Å². The Labute approximate surface area is 392 Å². The van der Waals surface area contributed by atoms with Gasteiger partial charge in [-0.15, -0.1) is 0 Å². The van der Waals surface area contributed by atoms with E-state index in [0.29, 0.717) is 0 Å². The van der Waals surface area contributed by atoms with Gasteiger partial charge >= 0.3 is 0 Å². The maximum absolute atomic E-state index is 2.50. The second kappa shape index (κ2) is 15.2. The lowest BCUT2D eigenvalue weighted by Crippen LogP contribution is -2.40. The third-order valence-corrected chi connectivity index (χ3v) is 14.9. The van der Waals surface area contributed by atoms with Gasteiger partial charge in [0.15, 0.2) is 0 Å². The summed E-state index contributed by atoms with van der Waals surface area (Å²) in [6.07, 6.45) is 0. The van der Waals surface area contributed by atoms with Crippen molar-refractivity contribution < 1.29 is 0 Å². The highest BCUT2D eigenvalue weighted by molar-refractivity contribution is 6.09. The molecular weight excluding hydrogens is 807 g/mol. The van der Waals surface area contributed by atoms with E-state index in [4.69, 9.17) is 0 Å². The molecule has 0 radical (unpaired) electrons. The van der Waals surface area contributed by atoms with Crippen molar-refractivity contribution in [3.63, 3.8) is 0 Å². The summed E-state index contributed by atoms with van der Waals surface area (Å²) >= 11 is 0. The first-order valence-electron chi connectivity index (χ1n) is 23.5. The third kappa shape index (κ3) is 6.01. The van der Waals surface area contributed by atoms with Crippen LogP contribution in [0.5, 0.6) is 0 Å². The summed E-state index contributed by atoms with van der Waals surface area (Å²) in [6, 6.07) is 92.4. The van der Waals surface area contributed by atoms with E-state index in [1.165, 1.54) is 99.4 Å². The van der Waals surface area contributed by atoms with Crippen molar-refractivity contribution in [1.82, 2.24) is 0 Å². The van der Waals surface area contributed by atoms with Crippen molar-refractivity contribution in [3.8, 4) is 44.5 Å². The van der Waals surface area contributed by atoms with Crippen LogP contribution in [0.1, 0.15) is 47.2 Å². The van der Waals surface area contributed by atoms with Gasteiger partial charge in [-0.1, -0.05) is 214 Å². The van der Waals surface area contributed by atoms with E-state index >= 15 is 0 Å². The fourth-order valence-electron chi connectivity index (χ4n) is 11.7. The Bertz CT molecular complexity index is 3560. The molecule has 2 aliphatic rings. The molecule has 0 bridgehead atoms. The molecule has 0 saturated heterocycles. The van der Waals surface area contributed by atoms with Gasteiger partial charge in [0.2, 0.25) is 0 Å². The average molecular weight is 854 g/mol. The van der Waals surface area contributed by atoms with Crippen LogP contribution in [0.2, 0.25) is 0 Å². The normalized spacial score (nSPS) is 13.8. The molecule has 0 saturated carbocycles. The lowest BCUT2D eigenvalue weighted by Gasteiger charge is -2.46. The first-order valence-corrected chi connectivity index (χ1v) is 23.5. The van der Waals surface area contributed by atoms with Crippen LogP contribution >= 0.6 is 0 Å². The molecule has 0 atom stereocenters. The Balaban J connectivity index is 0.907. The van der Waals surface area contributed by atoms with Crippen LogP contribution < -0.4 is 4.90 Å². The van der Waals surface area contributed by atoms with Crippen LogP contribution in [-0.2, 0) is 10.8 Å². The molecule has 0 heterocycles. The van der Waals surface area contributed by atoms with E-state index in [-0.39, 0.29) is 5.41 Å². The van der Waals surface area contributed by atoms with E-state index in [9.17, 15) is 0 Å². The number of hydrogen-bond acceptors (Lipinski definition) is 1.